The third-order valence-corrected chi connectivity index (χ3v) is 6.10. The second-order valence-electron chi connectivity index (χ2n) is 6.07. The van der Waals surface area contributed by atoms with Crippen molar-refractivity contribution >= 4 is 52.5 Å². The van der Waals surface area contributed by atoms with Gasteiger partial charge in [0.2, 0.25) is 5.91 Å². The first-order chi connectivity index (χ1) is 13.8. The van der Waals surface area contributed by atoms with Crippen molar-refractivity contribution in [2.75, 3.05) is 11.9 Å². The zero-order valence-electron chi connectivity index (χ0n) is 15.1. The van der Waals surface area contributed by atoms with Crippen LogP contribution in [0.5, 0.6) is 0 Å². The Hall–Kier alpha value is -2.53. The maximum Gasteiger partial charge on any atom is 0.264 e. The van der Waals surface area contributed by atoms with E-state index in [9.17, 15) is 19.2 Å². The fourth-order valence-electron chi connectivity index (χ4n) is 2.84. The molecule has 1 atom stereocenters. The van der Waals surface area contributed by atoms with Crippen molar-refractivity contribution in [3.8, 4) is 6.07 Å². The second-order valence-corrected chi connectivity index (χ2v) is 8.10. The van der Waals surface area contributed by atoms with Crippen molar-refractivity contribution in [2.45, 2.75) is 11.7 Å². The average Bonchev–Trinajstić information content (AvgIpc) is 3.01. The van der Waals surface area contributed by atoms with E-state index < -0.39 is 17.0 Å². The number of likely N-dealkylation sites (N-methyl/N-ethyl adjacent to an activating group) is 1. The number of amides is 2. The summed E-state index contributed by atoms with van der Waals surface area (Å²) in [6, 6.07) is 12.1. The number of hydrogen-bond acceptors (Lipinski definition) is 4. The Bertz CT molecular complexity index is 1050. The highest BCUT2D eigenvalue weighted by atomic mass is 35.5. The van der Waals surface area contributed by atoms with E-state index in [-0.39, 0.29) is 22.9 Å². The minimum Gasteiger partial charge on any atom is -0.354 e. The molecule has 0 radical (unpaired) electrons. The SMILES string of the molecule is CNC(=O)/C(C#N)=C1\S[C@H](Cc2cc(Cl)ccc2Cl)C(=O)N1c1ccc(F)cc1. The molecule has 0 unspecified atom stereocenters. The molecule has 1 aliphatic heterocycles. The molecule has 0 saturated carbocycles. The van der Waals surface area contributed by atoms with E-state index in [4.69, 9.17) is 23.2 Å². The number of nitrogens with one attached hydrogen (secondary N) is 1. The van der Waals surface area contributed by atoms with Gasteiger partial charge in [-0.25, -0.2) is 4.39 Å². The number of thioether (sulfide) groups is 1. The topological polar surface area (TPSA) is 73.2 Å². The maximum atomic E-state index is 13.4. The molecule has 148 valence electrons. The second kappa shape index (κ2) is 8.87. The van der Waals surface area contributed by atoms with E-state index in [1.54, 1.807) is 18.2 Å². The van der Waals surface area contributed by atoms with Gasteiger partial charge in [-0.05, 0) is 54.4 Å². The van der Waals surface area contributed by atoms with Crippen molar-refractivity contribution in [1.82, 2.24) is 5.32 Å². The van der Waals surface area contributed by atoms with E-state index in [2.05, 4.69) is 5.32 Å². The van der Waals surface area contributed by atoms with Gasteiger partial charge in [0.15, 0.2) is 0 Å². The first-order valence-electron chi connectivity index (χ1n) is 8.42. The van der Waals surface area contributed by atoms with Crippen LogP contribution in [0.4, 0.5) is 10.1 Å². The fraction of sp³-hybridized carbons (Fsp3) is 0.150. The van der Waals surface area contributed by atoms with Crippen LogP contribution < -0.4 is 10.2 Å². The highest BCUT2D eigenvalue weighted by Gasteiger charge is 2.41. The monoisotopic (exact) mass is 449 g/mol. The number of carbonyl (C=O) groups is 2. The molecule has 1 saturated heterocycles. The van der Waals surface area contributed by atoms with Crippen LogP contribution in [0.15, 0.2) is 53.1 Å². The lowest BCUT2D eigenvalue weighted by Gasteiger charge is -2.18. The number of anilines is 1. The molecular weight excluding hydrogens is 436 g/mol. The number of nitrogens with zero attached hydrogens (tertiary/aromatic N) is 2. The van der Waals surface area contributed by atoms with Gasteiger partial charge in [-0.1, -0.05) is 35.0 Å². The summed E-state index contributed by atoms with van der Waals surface area (Å²) < 4.78 is 13.4. The highest BCUT2D eigenvalue weighted by molar-refractivity contribution is 8.05. The van der Waals surface area contributed by atoms with Gasteiger partial charge in [0.05, 0.1) is 5.25 Å². The van der Waals surface area contributed by atoms with Crippen molar-refractivity contribution in [3.63, 3.8) is 0 Å². The van der Waals surface area contributed by atoms with E-state index in [1.807, 2.05) is 6.07 Å². The summed E-state index contributed by atoms with van der Waals surface area (Å²) in [7, 11) is 1.40. The Balaban J connectivity index is 2.06. The first kappa shape index (κ1) is 21.2. The molecule has 1 fully saturated rings. The Morgan fingerprint density at radius 2 is 1.97 bits per heavy atom. The molecule has 1 N–H and O–H groups in total. The molecule has 2 amide bonds. The number of carbonyl (C=O) groups excluding carboxylic acids is 2. The normalized spacial score (nSPS) is 17.8. The van der Waals surface area contributed by atoms with Crippen LogP contribution >= 0.6 is 35.0 Å². The van der Waals surface area contributed by atoms with Gasteiger partial charge >= 0.3 is 0 Å². The average molecular weight is 450 g/mol. The number of benzene rings is 2. The molecule has 0 aliphatic carbocycles. The molecule has 29 heavy (non-hydrogen) atoms. The summed E-state index contributed by atoms with van der Waals surface area (Å²) in [6.07, 6.45) is 0.247. The standard InChI is InChI=1S/C20H14Cl2FN3O2S/c1-25-18(27)15(10-24)20-26(14-5-3-13(23)4-6-14)19(28)17(29-20)9-11-8-12(21)2-7-16(11)22/h2-8,17H,9H2,1H3,(H,25,27)/b20-15-/t17-/m1/s1. The molecule has 5 nitrogen and oxygen atoms in total. The number of rotatable bonds is 4. The number of halogens is 3. The minimum absolute atomic E-state index is 0.187. The fourth-order valence-corrected chi connectivity index (χ4v) is 4.52. The molecular formula is C20H14Cl2FN3O2S. The summed E-state index contributed by atoms with van der Waals surface area (Å²) in [5.74, 6) is -1.42. The Kier molecular flexibility index (Phi) is 6.48. The molecule has 3 rings (SSSR count). The predicted octanol–water partition coefficient (Wildman–Crippen LogP) is 4.30. The van der Waals surface area contributed by atoms with Crippen LogP contribution in [0.2, 0.25) is 10.0 Å². The van der Waals surface area contributed by atoms with Gasteiger partial charge in [0.1, 0.15) is 22.5 Å². The summed E-state index contributed by atoms with van der Waals surface area (Å²) in [6.45, 7) is 0. The van der Waals surface area contributed by atoms with Crippen LogP contribution in [0, 0.1) is 17.1 Å². The smallest absolute Gasteiger partial charge is 0.264 e. The Labute approximate surface area is 181 Å². The van der Waals surface area contributed by atoms with Gasteiger partial charge < -0.3 is 5.32 Å². The molecule has 0 aromatic heterocycles. The zero-order valence-corrected chi connectivity index (χ0v) is 17.4. The maximum absolute atomic E-state index is 13.4. The molecule has 9 heteroatoms. The third-order valence-electron chi connectivity index (χ3n) is 4.23. The van der Waals surface area contributed by atoms with E-state index in [0.717, 1.165) is 11.8 Å². The number of nitriles is 1. The molecule has 2 aromatic carbocycles. The van der Waals surface area contributed by atoms with Gasteiger partial charge in [0, 0.05) is 22.8 Å². The summed E-state index contributed by atoms with van der Waals surface area (Å²) >= 11 is 13.4. The Morgan fingerprint density at radius 1 is 1.28 bits per heavy atom. The lowest BCUT2D eigenvalue weighted by molar-refractivity contribution is -0.117. The van der Waals surface area contributed by atoms with E-state index in [0.29, 0.717) is 21.3 Å². The van der Waals surface area contributed by atoms with Gasteiger partial charge in [-0.15, -0.1) is 0 Å². The van der Waals surface area contributed by atoms with Crippen LogP contribution in [0.25, 0.3) is 0 Å². The summed E-state index contributed by atoms with van der Waals surface area (Å²) in [4.78, 5) is 26.6. The quantitative estimate of drug-likeness (QED) is 0.557. The minimum atomic E-state index is -0.640. The van der Waals surface area contributed by atoms with Crippen LogP contribution in [-0.4, -0.2) is 24.1 Å². The van der Waals surface area contributed by atoms with Crippen LogP contribution in [-0.2, 0) is 16.0 Å². The van der Waals surface area contributed by atoms with Gasteiger partial charge in [0.25, 0.3) is 5.91 Å². The lowest BCUT2D eigenvalue weighted by Crippen LogP contribution is -2.31. The molecule has 1 aliphatic rings. The highest BCUT2D eigenvalue weighted by Crippen LogP contribution is 2.42. The third kappa shape index (κ3) is 4.40. The summed E-state index contributed by atoms with van der Waals surface area (Å²) in [5.41, 5.74) is 0.828. The van der Waals surface area contributed by atoms with Crippen LogP contribution in [0.1, 0.15) is 5.56 Å². The van der Waals surface area contributed by atoms with Crippen molar-refractivity contribution < 1.29 is 14.0 Å². The molecule has 0 spiro atoms. The first-order valence-corrected chi connectivity index (χ1v) is 10.1. The molecule has 0 bridgehead atoms. The molecule has 1 heterocycles. The van der Waals surface area contributed by atoms with E-state index >= 15 is 0 Å². The van der Waals surface area contributed by atoms with Crippen molar-refractivity contribution in [1.29, 1.82) is 5.26 Å². The van der Waals surface area contributed by atoms with Crippen molar-refractivity contribution in [2.24, 2.45) is 0 Å². The predicted molar refractivity (Wildman–Crippen MR) is 112 cm³/mol. The van der Waals surface area contributed by atoms with Crippen molar-refractivity contribution in [3.05, 3.63) is 74.5 Å². The van der Waals surface area contributed by atoms with Crippen LogP contribution in [0.3, 0.4) is 0 Å². The summed E-state index contributed by atoms with van der Waals surface area (Å²) in [5, 5.41) is 12.4. The zero-order chi connectivity index (χ0) is 21.1. The Morgan fingerprint density at radius 3 is 2.59 bits per heavy atom. The van der Waals surface area contributed by atoms with Gasteiger partial charge in [-0.2, -0.15) is 5.26 Å². The van der Waals surface area contributed by atoms with E-state index in [1.165, 1.54) is 36.2 Å². The lowest BCUT2D eigenvalue weighted by atomic mass is 10.1. The number of hydrogen-bond donors (Lipinski definition) is 1. The largest absolute Gasteiger partial charge is 0.354 e. The molecule has 2 aromatic rings. The van der Waals surface area contributed by atoms with Gasteiger partial charge in [-0.3, -0.25) is 14.5 Å².